The molecule has 1 atom stereocenters. The van der Waals surface area contributed by atoms with E-state index in [2.05, 4.69) is 10.0 Å². The van der Waals surface area contributed by atoms with Crippen LogP contribution in [0.25, 0.3) is 0 Å². The molecular weight excluding hydrogens is 348 g/mol. The number of hydrogen-bond acceptors (Lipinski definition) is 3. The lowest BCUT2D eigenvalue weighted by atomic mass is 10.0. The highest BCUT2D eigenvalue weighted by atomic mass is 32.2. The summed E-state index contributed by atoms with van der Waals surface area (Å²) in [5.41, 5.74) is 1.98. The Morgan fingerprint density at radius 2 is 1.69 bits per heavy atom. The first-order chi connectivity index (χ1) is 12.2. The molecule has 0 heterocycles. The summed E-state index contributed by atoms with van der Waals surface area (Å²) in [5.74, 6) is 0.0301. The van der Waals surface area contributed by atoms with E-state index in [1.165, 1.54) is 12.1 Å². The van der Waals surface area contributed by atoms with Gasteiger partial charge in [-0.3, -0.25) is 4.79 Å². The summed E-state index contributed by atoms with van der Waals surface area (Å²) in [6.45, 7) is 7.96. The molecule has 0 aliphatic rings. The van der Waals surface area contributed by atoms with Crippen LogP contribution < -0.4 is 10.0 Å². The second-order valence-electron chi connectivity index (χ2n) is 6.79. The molecular formula is C20H26N2O3S. The van der Waals surface area contributed by atoms with Crippen LogP contribution in [0.15, 0.2) is 53.4 Å². The van der Waals surface area contributed by atoms with Crippen molar-refractivity contribution in [1.82, 2.24) is 10.0 Å². The van der Waals surface area contributed by atoms with E-state index in [0.717, 1.165) is 11.1 Å². The van der Waals surface area contributed by atoms with Crippen LogP contribution in [-0.4, -0.2) is 20.4 Å². The predicted octanol–water partition coefficient (Wildman–Crippen LogP) is 3.25. The molecule has 0 bridgehead atoms. The summed E-state index contributed by atoms with van der Waals surface area (Å²) in [7, 11) is -3.71. The lowest BCUT2D eigenvalue weighted by Crippen LogP contribution is -2.36. The summed E-state index contributed by atoms with van der Waals surface area (Å²) < 4.78 is 27.7. The second kappa shape index (κ2) is 8.47. The molecule has 140 valence electrons. The maximum absolute atomic E-state index is 12.6. The zero-order chi connectivity index (χ0) is 19.3. The van der Waals surface area contributed by atoms with Gasteiger partial charge in [0.2, 0.25) is 10.0 Å². The Hall–Kier alpha value is -2.18. The minimum Gasteiger partial charge on any atom is -0.349 e. The zero-order valence-corrected chi connectivity index (χ0v) is 16.4. The fraction of sp³-hybridized carbons (Fsp3) is 0.350. The highest BCUT2D eigenvalue weighted by Gasteiger charge is 2.19. The fourth-order valence-corrected chi connectivity index (χ4v) is 3.37. The van der Waals surface area contributed by atoms with Gasteiger partial charge in [0.05, 0.1) is 4.90 Å². The topological polar surface area (TPSA) is 75.3 Å². The highest BCUT2D eigenvalue weighted by molar-refractivity contribution is 7.89. The third kappa shape index (κ3) is 5.16. The van der Waals surface area contributed by atoms with Crippen LogP contribution in [0.4, 0.5) is 0 Å². The van der Waals surface area contributed by atoms with Crippen molar-refractivity contribution >= 4 is 15.9 Å². The van der Waals surface area contributed by atoms with E-state index in [-0.39, 0.29) is 23.4 Å². The molecule has 0 radical (unpaired) electrons. The summed E-state index contributed by atoms with van der Waals surface area (Å²) in [6.07, 6.45) is 0. The summed E-state index contributed by atoms with van der Waals surface area (Å²) >= 11 is 0. The standard InChI is InChI=1S/C20H26N2O3S/c1-14(2)16(4)22-20(23)19-12-18(11-10-15(19)3)26(24,25)21-13-17-8-6-5-7-9-17/h5-12,14,16,21H,13H2,1-4H3,(H,22,23). The Bertz CT molecular complexity index is 862. The second-order valence-corrected chi connectivity index (χ2v) is 8.56. The molecule has 6 heteroatoms. The van der Waals surface area contributed by atoms with E-state index < -0.39 is 10.0 Å². The van der Waals surface area contributed by atoms with Crippen molar-refractivity contribution in [3.63, 3.8) is 0 Å². The Balaban J connectivity index is 2.20. The Kier molecular flexibility index (Phi) is 6.56. The molecule has 5 nitrogen and oxygen atoms in total. The van der Waals surface area contributed by atoms with Crippen molar-refractivity contribution < 1.29 is 13.2 Å². The van der Waals surface area contributed by atoms with Crippen molar-refractivity contribution in [3.8, 4) is 0 Å². The van der Waals surface area contributed by atoms with Gasteiger partial charge in [-0.2, -0.15) is 0 Å². The van der Waals surface area contributed by atoms with Crippen LogP contribution in [0, 0.1) is 12.8 Å². The van der Waals surface area contributed by atoms with Crippen molar-refractivity contribution in [2.24, 2.45) is 5.92 Å². The van der Waals surface area contributed by atoms with Gasteiger partial charge in [0.15, 0.2) is 0 Å². The quantitative estimate of drug-likeness (QED) is 0.781. The Morgan fingerprint density at radius 1 is 1.04 bits per heavy atom. The van der Waals surface area contributed by atoms with Crippen LogP contribution in [0.5, 0.6) is 0 Å². The van der Waals surface area contributed by atoms with Crippen LogP contribution in [-0.2, 0) is 16.6 Å². The van der Waals surface area contributed by atoms with Gasteiger partial charge in [-0.15, -0.1) is 0 Å². The maximum Gasteiger partial charge on any atom is 0.251 e. The number of aryl methyl sites for hydroxylation is 1. The van der Waals surface area contributed by atoms with E-state index in [0.29, 0.717) is 11.5 Å². The van der Waals surface area contributed by atoms with Crippen LogP contribution in [0.2, 0.25) is 0 Å². The number of carbonyl (C=O) groups excluding carboxylic acids is 1. The number of carbonyl (C=O) groups is 1. The molecule has 2 rings (SSSR count). The van der Waals surface area contributed by atoms with Gasteiger partial charge in [-0.25, -0.2) is 13.1 Å². The zero-order valence-electron chi connectivity index (χ0n) is 15.6. The minimum absolute atomic E-state index is 0.00151. The number of amides is 1. The van der Waals surface area contributed by atoms with E-state index >= 15 is 0 Å². The Morgan fingerprint density at radius 3 is 2.31 bits per heavy atom. The van der Waals surface area contributed by atoms with Crippen LogP contribution >= 0.6 is 0 Å². The monoisotopic (exact) mass is 374 g/mol. The van der Waals surface area contributed by atoms with E-state index in [4.69, 9.17) is 0 Å². The van der Waals surface area contributed by atoms with E-state index in [1.807, 2.05) is 51.1 Å². The first-order valence-electron chi connectivity index (χ1n) is 8.66. The van der Waals surface area contributed by atoms with Crippen LogP contribution in [0.3, 0.4) is 0 Å². The van der Waals surface area contributed by atoms with Gasteiger partial charge in [0.1, 0.15) is 0 Å². The SMILES string of the molecule is Cc1ccc(S(=O)(=O)NCc2ccccc2)cc1C(=O)NC(C)C(C)C. The molecule has 0 fully saturated rings. The molecule has 2 N–H and O–H groups in total. The van der Waals surface area contributed by atoms with Gasteiger partial charge in [-0.05, 0) is 43.0 Å². The molecule has 0 spiro atoms. The summed E-state index contributed by atoms with van der Waals surface area (Å²) in [5, 5.41) is 2.92. The molecule has 0 saturated carbocycles. The van der Waals surface area contributed by atoms with E-state index in [9.17, 15) is 13.2 Å². The number of nitrogens with one attached hydrogen (secondary N) is 2. The lowest BCUT2D eigenvalue weighted by Gasteiger charge is -2.18. The lowest BCUT2D eigenvalue weighted by molar-refractivity contribution is 0.0929. The third-order valence-electron chi connectivity index (χ3n) is 4.43. The largest absolute Gasteiger partial charge is 0.349 e. The molecule has 2 aromatic carbocycles. The molecule has 0 saturated heterocycles. The highest BCUT2D eigenvalue weighted by Crippen LogP contribution is 2.17. The number of hydrogen-bond donors (Lipinski definition) is 2. The van der Waals surface area contributed by atoms with Gasteiger partial charge in [0.25, 0.3) is 5.91 Å². The van der Waals surface area contributed by atoms with Gasteiger partial charge in [0, 0.05) is 18.2 Å². The Labute approximate surface area is 155 Å². The average molecular weight is 375 g/mol. The third-order valence-corrected chi connectivity index (χ3v) is 5.83. The van der Waals surface area contributed by atoms with E-state index in [1.54, 1.807) is 13.0 Å². The normalized spacial score (nSPS) is 12.8. The van der Waals surface area contributed by atoms with Gasteiger partial charge < -0.3 is 5.32 Å². The summed E-state index contributed by atoms with van der Waals surface area (Å²) in [4.78, 5) is 12.6. The summed E-state index contributed by atoms with van der Waals surface area (Å²) in [6, 6.07) is 13.9. The smallest absolute Gasteiger partial charge is 0.251 e. The maximum atomic E-state index is 12.6. The van der Waals surface area contributed by atoms with Crippen molar-refractivity contribution in [2.75, 3.05) is 0 Å². The van der Waals surface area contributed by atoms with Gasteiger partial charge in [-0.1, -0.05) is 50.2 Å². The first-order valence-corrected chi connectivity index (χ1v) is 10.1. The fourth-order valence-electron chi connectivity index (χ4n) is 2.32. The minimum atomic E-state index is -3.71. The van der Waals surface area contributed by atoms with Gasteiger partial charge >= 0.3 is 0 Å². The van der Waals surface area contributed by atoms with Crippen molar-refractivity contribution in [2.45, 2.75) is 45.2 Å². The molecule has 2 aromatic rings. The molecule has 1 amide bonds. The molecule has 0 aliphatic carbocycles. The number of rotatable bonds is 7. The molecule has 0 aliphatic heterocycles. The van der Waals surface area contributed by atoms with Crippen LogP contribution in [0.1, 0.15) is 42.3 Å². The molecule has 1 unspecified atom stereocenters. The van der Waals surface area contributed by atoms with Crippen molar-refractivity contribution in [1.29, 1.82) is 0 Å². The van der Waals surface area contributed by atoms with Crippen molar-refractivity contribution in [3.05, 3.63) is 65.2 Å². The average Bonchev–Trinajstić information content (AvgIpc) is 2.61. The molecule has 0 aromatic heterocycles. The molecule has 26 heavy (non-hydrogen) atoms. The number of benzene rings is 2. The first kappa shape index (κ1) is 20.1. The predicted molar refractivity (Wildman–Crippen MR) is 103 cm³/mol. The number of sulfonamides is 1.